The number of halogens is 2. The third kappa shape index (κ3) is 3.72. The zero-order valence-corrected chi connectivity index (χ0v) is 17.4. The van der Waals surface area contributed by atoms with Gasteiger partial charge >= 0.3 is 0 Å². The molecule has 3 aliphatic rings. The number of thiazole rings is 1. The Balaban J connectivity index is 1.29. The highest BCUT2D eigenvalue weighted by Crippen LogP contribution is 2.36. The lowest BCUT2D eigenvalue weighted by atomic mass is 9.92. The zero-order valence-electron chi connectivity index (χ0n) is 16.5. The van der Waals surface area contributed by atoms with Crippen molar-refractivity contribution in [3.63, 3.8) is 0 Å². The van der Waals surface area contributed by atoms with Gasteiger partial charge in [0.15, 0.2) is 5.13 Å². The number of carbonyl (C=O) groups is 1. The predicted octanol–water partition coefficient (Wildman–Crippen LogP) is 3.89. The molecule has 2 saturated heterocycles. The molecule has 2 aliphatic heterocycles. The second-order valence-corrected chi connectivity index (χ2v) is 9.75. The first-order chi connectivity index (χ1) is 13.9. The normalized spacial score (nSPS) is 27.5. The van der Waals surface area contributed by atoms with Gasteiger partial charge in [0.05, 0.1) is 10.2 Å². The first-order valence-corrected chi connectivity index (χ1v) is 11.3. The maximum absolute atomic E-state index is 13.3. The largest absolute Gasteiger partial charge is 0.349 e. The fourth-order valence-electron chi connectivity index (χ4n) is 4.91. The van der Waals surface area contributed by atoms with E-state index in [-0.39, 0.29) is 24.8 Å². The maximum atomic E-state index is 13.3. The fourth-order valence-corrected chi connectivity index (χ4v) is 5.94. The molecule has 1 N–H and O–H groups in total. The van der Waals surface area contributed by atoms with E-state index in [9.17, 15) is 13.6 Å². The van der Waals surface area contributed by atoms with Crippen LogP contribution in [-0.2, 0) is 0 Å². The Labute approximate surface area is 173 Å². The van der Waals surface area contributed by atoms with Crippen LogP contribution in [0.1, 0.15) is 48.9 Å². The molecule has 0 spiro atoms. The van der Waals surface area contributed by atoms with Crippen molar-refractivity contribution in [1.82, 2.24) is 15.2 Å². The summed E-state index contributed by atoms with van der Waals surface area (Å²) in [5.41, 5.74) is 1.48. The fraction of sp³-hybridized carbons (Fsp3) is 0.619. The highest BCUT2D eigenvalue weighted by molar-refractivity contribution is 7.22. The molecule has 1 amide bonds. The van der Waals surface area contributed by atoms with E-state index in [2.05, 4.69) is 22.2 Å². The molecule has 1 aromatic carbocycles. The number of anilines is 1. The van der Waals surface area contributed by atoms with Gasteiger partial charge in [-0.3, -0.25) is 9.69 Å². The van der Waals surface area contributed by atoms with Crippen LogP contribution >= 0.6 is 11.3 Å². The average Bonchev–Trinajstić information content (AvgIpc) is 3.18. The van der Waals surface area contributed by atoms with Crippen molar-refractivity contribution in [3.05, 3.63) is 23.8 Å². The van der Waals surface area contributed by atoms with Crippen LogP contribution in [0.4, 0.5) is 13.9 Å². The Morgan fingerprint density at radius 2 is 1.86 bits per heavy atom. The van der Waals surface area contributed by atoms with E-state index in [1.807, 2.05) is 12.1 Å². The molecule has 2 atom stereocenters. The molecule has 2 aromatic rings. The Hall–Kier alpha value is -1.80. The Bertz CT molecular complexity index is 909. The number of nitrogens with zero attached hydrogens (tertiary/aromatic N) is 3. The summed E-state index contributed by atoms with van der Waals surface area (Å²) >= 11 is 1.63. The van der Waals surface area contributed by atoms with Crippen molar-refractivity contribution in [1.29, 1.82) is 0 Å². The topological polar surface area (TPSA) is 48.5 Å². The van der Waals surface area contributed by atoms with Gasteiger partial charge in [-0.15, -0.1) is 0 Å². The smallest absolute Gasteiger partial charge is 0.251 e. The highest BCUT2D eigenvalue weighted by Gasteiger charge is 2.38. The standard InChI is InChI=1S/C21H26F2N4OS/c1-26-15-3-4-16(26)12-27(11-15)20-25-17-5-2-13(10-18(17)29-20)19(28)24-14-6-8-21(22,23)9-7-14/h2,5,10,14-16H,3-4,6-9,11-12H2,1H3,(H,24,28). The van der Waals surface area contributed by atoms with Gasteiger partial charge in [0.25, 0.3) is 5.91 Å². The minimum absolute atomic E-state index is 0.151. The molecule has 5 rings (SSSR count). The summed E-state index contributed by atoms with van der Waals surface area (Å²) < 4.78 is 27.6. The molecule has 2 unspecified atom stereocenters. The van der Waals surface area contributed by atoms with E-state index in [0.29, 0.717) is 30.5 Å². The van der Waals surface area contributed by atoms with Gasteiger partial charge in [0.1, 0.15) is 0 Å². The number of amides is 1. The molecule has 2 bridgehead atoms. The average molecular weight is 421 g/mol. The van der Waals surface area contributed by atoms with Crippen molar-refractivity contribution >= 4 is 32.6 Å². The van der Waals surface area contributed by atoms with E-state index in [0.717, 1.165) is 28.4 Å². The van der Waals surface area contributed by atoms with Crippen molar-refractivity contribution in [3.8, 4) is 0 Å². The number of benzene rings is 1. The molecule has 3 fully saturated rings. The first kappa shape index (κ1) is 19.2. The second kappa shape index (κ2) is 7.16. The number of hydrogen-bond acceptors (Lipinski definition) is 5. The summed E-state index contributed by atoms with van der Waals surface area (Å²) in [4.78, 5) is 22.3. The van der Waals surface area contributed by atoms with Gasteiger partial charge in [0, 0.05) is 49.6 Å². The SMILES string of the molecule is CN1C2CCC1CN(c1nc3ccc(C(=O)NC4CCC(F)(F)CC4)cc3s1)C2. The van der Waals surface area contributed by atoms with Gasteiger partial charge in [-0.2, -0.15) is 0 Å². The van der Waals surface area contributed by atoms with Gasteiger partial charge in [-0.1, -0.05) is 11.3 Å². The third-order valence-corrected chi connectivity index (χ3v) is 7.89. The highest BCUT2D eigenvalue weighted by atomic mass is 32.1. The first-order valence-electron chi connectivity index (χ1n) is 10.4. The lowest BCUT2D eigenvalue weighted by Gasteiger charge is -2.38. The van der Waals surface area contributed by atoms with Crippen LogP contribution in [-0.4, -0.2) is 60.0 Å². The third-order valence-electron chi connectivity index (χ3n) is 6.81. The van der Waals surface area contributed by atoms with Crippen LogP contribution < -0.4 is 10.2 Å². The van der Waals surface area contributed by atoms with Crippen LogP contribution in [0.15, 0.2) is 18.2 Å². The summed E-state index contributed by atoms with van der Waals surface area (Å²) in [6.07, 6.45) is 2.86. The Morgan fingerprint density at radius 1 is 1.17 bits per heavy atom. The summed E-state index contributed by atoms with van der Waals surface area (Å²) in [5, 5.41) is 3.95. The van der Waals surface area contributed by atoms with E-state index in [1.165, 1.54) is 12.8 Å². The van der Waals surface area contributed by atoms with Crippen molar-refractivity contribution in [2.24, 2.45) is 0 Å². The molecule has 1 aromatic heterocycles. The number of hydrogen-bond donors (Lipinski definition) is 1. The number of fused-ring (bicyclic) bond motifs is 3. The van der Waals surface area contributed by atoms with E-state index < -0.39 is 5.92 Å². The predicted molar refractivity (Wildman–Crippen MR) is 111 cm³/mol. The van der Waals surface area contributed by atoms with Crippen molar-refractivity contribution in [2.45, 2.75) is 62.6 Å². The Morgan fingerprint density at radius 3 is 2.55 bits per heavy atom. The van der Waals surface area contributed by atoms with Crippen LogP contribution in [0, 0.1) is 0 Å². The number of carbonyl (C=O) groups excluding carboxylic acids is 1. The number of alkyl halides is 2. The van der Waals surface area contributed by atoms with Crippen LogP contribution in [0.5, 0.6) is 0 Å². The molecule has 1 aliphatic carbocycles. The van der Waals surface area contributed by atoms with Crippen LogP contribution in [0.25, 0.3) is 10.2 Å². The molecular weight excluding hydrogens is 394 g/mol. The van der Waals surface area contributed by atoms with E-state index >= 15 is 0 Å². The van der Waals surface area contributed by atoms with Crippen LogP contribution in [0.2, 0.25) is 0 Å². The summed E-state index contributed by atoms with van der Waals surface area (Å²) in [6, 6.07) is 6.59. The summed E-state index contributed by atoms with van der Waals surface area (Å²) in [7, 11) is 2.22. The second-order valence-electron chi connectivity index (χ2n) is 8.74. The molecule has 1 saturated carbocycles. The van der Waals surface area contributed by atoms with Crippen LogP contribution in [0.3, 0.4) is 0 Å². The molecule has 156 valence electrons. The molecule has 29 heavy (non-hydrogen) atoms. The quantitative estimate of drug-likeness (QED) is 0.819. The number of likely N-dealkylation sites (N-methyl/N-ethyl adjacent to an activating group) is 1. The van der Waals surface area contributed by atoms with Crippen molar-refractivity contribution < 1.29 is 13.6 Å². The van der Waals surface area contributed by atoms with E-state index in [4.69, 9.17) is 4.98 Å². The Kier molecular flexibility index (Phi) is 4.74. The number of rotatable bonds is 3. The number of aromatic nitrogens is 1. The minimum Gasteiger partial charge on any atom is -0.349 e. The summed E-state index contributed by atoms with van der Waals surface area (Å²) in [5.74, 6) is -2.77. The number of piperazine rings is 1. The maximum Gasteiger partial charge on any atom is 0.251 e. The molecular formula is C21H26F2N4OS. The lowest BCUT2D eigenvalue weighted by Crippen LogP contribution is -2.51. The van der Waals surface area contributed by atoms with Gasteiger partial charge < -0.3 is 10.2 Å². The zero-order chi connectivity index (χ0) is 20.2. The molecule has 0 radical (unpaired) electrons. The molecule has 5 nitrogen and oxygen atoms in total. The van der Waals surface area contributed by atoms with Gasteiger partial charge in [-0.25, -0.2) is 13.8 Å². The molecule has 3 heterocycles. The van der Waals surface area contributed by atoms with E-state index in [1.54, 1.807) is 17.4 Å². The monoisotopic (exact) mass is 420 g/mol. The summed E-state index contributed by atoms with van der Waals surface area (Å²) in [6.45, 7) is 2.01. The minimum atomic E-state index is -2.58. The lowest BCUT2D eigenvalue weighted by molar-refractivity contribution is -0.0399. The number of nitrogens with one attached hydrogen (secondary N) is 1. The van der Waals surface area contributed by atoms with Gasteiger partial charge in [-0.05, 0) is 50.9 Å². The van der Waals surface area contributed by atoms with Crippen molar-refractivity contribution in [2.75, 3.05) is 25.0 Å². The molecule has 8 heteroatoms. The van der Waals surface area contributed by atoms with Gasteiger partial charge in [0.2, 0.25) is 5.92 Å².